The van der Waals surface area contributed by atoms with Crippen molar-refractivity contribution in [1.82, 2.24) is 30.0 Å². The van der Waals surface area contributed by atoms with Crippen LogP contribution in [-0.2, 0) is 16.1 Å². The third-order valence-corrected chi connectivity index (χ3v) is 6.03. The summed E-state index contributed by atoms with van der Waals surface area (Å²) in [5.74, 6) is 0.448. The number of rotatable bonds is 5. The first-order valence-electron chi connectivity index (χ1n) is 10.8. The number of carbonyl (C=O) groups is 2. The second-order valence-electron chi connectivity index (χ2n) is 8.06. The highest BCUT2D eigenvalue weighted by atomic mass is 16.6. The number of likely N-dealkylation sites (tertiary alicyclic amines) is 1. The molecule has 0 aliphatic carbocycles. The van der Waals surface area contributed by atoms with Crippen LogP contribution in [0.3, 0.4) is 0 Å². The molecule has 2 fully saturated rings. The number of tetrazole rings is 1. The van der Waals surface area contributed by atoms with Gasteiger partial charge in [0.2, 0.25) is 11.7 Å². The zero-order valence-electron chi connectivity index (χ0n) is 17.6. The fourth-order valence-electron chi connectivity index (χ4n) is 4.28. The van der Waals surface area contributed by atoms with Crippen LogP contribution in [0, 0.1) is 0 Å². The molecular formula is C23H24N6O3. The number of cyclic esters (lactones) is 1. The summed E-state index contributed by atoms with van der Waals surface area (Å²) in [6, 6.07) is 19.4. The van der Waals surface area contributed by atoms with Gasteiger partial charge in [-0.15, -0.1) is 10.2 Å². The van der Waals surface area contributed by atoms with E-state index >= 15 is 0 Å². The Morgan fingerprint density at radius 3 is 2.41 bits per heavy atom. The van der Waals surface area contributed by atoms with E-state index < -0.39 is 0 Å². The number of ether oxygens (including phenoxy) is 1. The molecule has 1 atom stereocenters. The minimum atomic E-state index is -0.274. The molecule has 2 aliphatic rings. The van der Waals surface area contributed by atoms with Gasteiger partial charge in [-0.05, 0) is 23.6 Å². The molecule has 1 unspecified atom stereocenters. The normalized spacial score (nSPS) is 19.2. The van der Waals surface area contributed by atoms with Gasteiger partial charge in [0.15, 0.2) is 0 Å². The topological polar surface area (TPSA) is 93.5 Å². The van der Waals surface area contributed by atoms with Crippen molar-refractivity contribution in [2.45, 2.75) is 31.5 Å². The van der Waals surface area contributed by atoms with Gasteiger partial charge in [-0.2, -0.15) is 4.80 Å². The number of piperidine rings is 1. The first kappa shape index (κ1) is 20.2. The van der Waals surface area contributed by atoms with Gasteiger partial charge in [-0.25, -0.2) is 4.79 Å². The van der Waals surface area contributed by atoms with Crippen molar-refractivity contribution in [3.05, 3.63) is 66.2 Å². The molecule has 32 heavy (non-hydrogen) atoms. The van der Waals surface area contributed by atoms with Gasteiger partial charge in [0, 0.05) is 24.7 Å². The van der Waals surface area contributed by atoms with Crippen LogP contribution in [0.4, 0.5) is 4.79 Å². The molecule has 164 valence electrons. The standard InChI is InChI=1S/C23H24N6O3/c30-21(16-29-25-22(24-26-29)18-9-5-2-6-10-18)27-13-11-19(12-14-27)28-15-20(32-23(28)31)17-7-3-1-4-8-17/h1-10,19-20H,11-16H2. The summed E-state index contributed by atoms with van der Waals surface area (Å²) in [6.45, 7) is 1.77. The maximum atomic E-state index is 12.7. The zero-order chi connectivity index (χ0) is 21.9. The molecule has 0 N–H and O–H groups in total. The zero-order valence-corrected chi connectivity index (χ0v) is 17.6. The Balaban J connectivity index is 1.14. The van der Waals surface area contributed by atoms with Crippen LogP contribution in [0.1, 0.15) is 24.5 Å². The number of hydrogen-bond acceptors (Lipinski definition) is 6. The molecule has 2 amide bonds. The maximum Gasteiger partial charge on any atom is 0.410 e. The molecule has 3 heterocycles. The van der Waals surface area contributed by atoms with E-state index in [1.165, 1.54) is 4.80 Å². The Morgan fingerprint density at radius 1 is 1.00 bits per heavy atom. The fourth-order valence-corrected chi connectivity index (χ4v) is 4.28. The van der Waals surface area contributed by atoms with Crippen molar-refractivity contribution >= 4 is 12.0 Å². The molecule has 2 aromatic carbocycles. The van der Waals surface area contributed by atoms with E-state index in [-0.39, 0.29) is 30.7 Å². The number of nitrogens with zero attached hydrogens (tertiary/aromatic N) is 6. The molecule has 9 heteroatoms. The van der Waals surface area contributed by atoms with Gasteiger partial charge in [-0.1, -0.05) is 60.7 Å². The minimum Gasteiger partial charge on any atom is -0.439 e. The minimum absolute atomic E-state index is 0.0480. The number of carbonyl (C=O) groups excluding carboxylic acids is 2. The third kappa shape index (κ3) is 4.18. The van der Waals surface area contributed by atoms with Crippen LogP contribution in [0.2, 0.25) is 0 Å². The molecule has 0 saturated carbocycles. The second kappa shape index (κ2) is 8.78. The fraction of sp³-hybridized carbons (Fsp3) is 0.348. The van der Waals surface area contributed by atoms with Gasteiger partial charge in [-0.3, -0.25) is 4.79 Å². The van der Waals surface area contributed by atoms with Crippen molar-refractivity contribution in [3.63, 3.8) is 0 Å². The smallest absolute Gasteiger partial charge is 0.410 e. The molecule has 1 aromatic heterocycles. The van der Waals surface area contributed by atoms with Gasteiger partial charge >= 0.3 is 6.09 Å². The van der Waals surface area contributed by atoms with E-state index in [4.69, 9.17) is 4.74 Å². The highest BCUT2D eigenvalue weighted by Gasteiger charge is 2.38. The average Bonchev–Trinajstić information content (AvgIpc) is 3.47. The van der Waals surface area contributed by atoms with Crippen LogP contribution in [0.15, 0.2) is 60.7 Å². The quantitative estimate of drug-likeness (QED) is 0.615. The molecule has 0 radical (unpaired) electrons. The molecule has 3 aromatic rings. The molecule has 0 spiro atoms. The Labute approximate surface area is 185 Å². The van der Waals surface area contributed by atoms with Crippen LogP contribution in [0.5, 0.6) is 0 Å². The predicted octanol–water partition coefficient (Wildman–Crippen LogP) is 2.52. The summed E-state index contributed by atoms with van der Waals surface area (Å²) in [5, 5.41) is 12.4. The lowest BCUT2D eigenvalue weighted by atomic mass is 10.0. The summed E-state index contributed by atoms with van der Waals surface area (Å²) in [5.41, 5.74) is 1.87. The number of amides is 2. The van der Waals surface area contributed by atoms with E-state index in [9.17, 15) is 9.59 Å². The third-order valence-electron chi connectivity index (χ3n) is 6.03. The molecule has 2 saturated heterocycles. The summed E-state index contributed by atoms with van der Waals surface area (Å²) < 4.78 is 5.58. The molecule has 0 bridgehead atoms. The van der Waals surface area contributed by atoms with Gasteiger partial charge in [0.1, 0.15) is 12.6 Å². The number of benzene rings is 2. The summed E-state index contributed by atoms with van der Waals surface area (Å²) in [4.78, 5) is 30.1. The van der Waals surface area contributed by atoms with Crippen LogP contribution < -0.4 is 0 Å². The molecule has 9 nitrogen and oxygen atoms in total. The molecular weight excluding hydrogens is 408 g/mol. The van der Waals surface area contributed by atoms with Crippen molar-refractivity contribution in [1.29, 1.82) is 0 Å². The summed E-state index contributed by atoms with van der Waals surface area (Å²) in [6.07, 6.45) is 0.939. The largest absolute Gasteiger partial charge is 0.439 e. The van der Waals surface area contributed by atoms with Crippen LogP contribution >= 0.6 is 0 Å². The number of hydrogen-bond donors (Lipinski definition) is 0. The van der Waals surface area contributed by atoms with E-state index in [1.807, 2.05) is 65.6 Å². The summed E-state index contributed by atoms with van der Waals surface area (Å²) in [7, 11) is 0. The molecule has 5 rings (SSSR count). The van der Waals surface area contributed by atoms with E-state index in [0.29, 0.717) is 25.5 Å². The van der Waals surface area contributed by atoms with Crippen LogP contribution in [-0.4, -0.2) is 67.7 Å². The Hall–Kier alpha value is -3.75. The van der Waals surface area contributed by atoms with Gasteiger partial charge in [0.05, 0.1) is 6.54 Å². The van der Waals surface area contributed by atoms with Gasteiger partial charge < -0.3 is 14.5 Å². The highest BCUT2D eigenvalue weighted by molar-refractivity contribution is 5.76. The van der Waals surface area contributed by atoms with Crippen molar-refractivity contribution in [2.75, 3.05) is 19.6 Å². The highest BCUT2D eigenvalue weighted by Crippen LogP contribution is 2.30. The molecule has 2 aliphatic heterocycles. The van der Waals surface area contributed by atoms with E-state index in [0.717, 1.165) is 24.0 Å². The van der Waals surface area contributed by atoms with Crippen molar-refractivity contribution < 1.29 is 14.3 Å². The van der Waals surface area contributed by atoms with Crippen LogP contribution in [0.25, 0.3) is 11.4 Å². The second-order valence-corrected chi connectivity index (χ2v) is 8.06. The first-order chi connectivity index (χ1) is 15.7. The van der Waals surface area contributed by atoms with E-state index in [2.05, 4.69) is 15.4 Å². The lowest BCUT2D eigenvalue weighted by Gasteiger charge is -2.35. The SMILES string of the molecule is O=C(Cn1nnc(-c2ccccc2)n1)N1CCC(N2CC(c3ccccc3)OC2=O)CC1. The first-order valence-corrected chi connectivity index (χ1v) is 10.8. The monoisotopic (exact) mass is 432 g/mol. The predicted molar refractivity (Wildman–Crippen MR) is 115 cm³/mol. The lowest BCUT2D eigenvalue weighted by Crippen LogP contribution is -2.47. The Bertz CT molecular complexity index is 1080. The van der Waals surface area contributed by atoms with Gasteiger partial charge in [0.25, 0.3) is 0 Å². The Morgan fingerprint density at radius 2 is 1.69 bits per heavy atom. The van der Waals surface area contributed by atoms with Crippen molar-refractivity contribution in [3.8, 4) is 11.4 Å². The summed E-state index contributed by atoms with van der Waals surface area (Å²) >= 11 is 0. The average molecular weight is 432 g/mol. The Kier molecular flexibility index (Phi) is 5.53. The van der Waals surface area contributed by atoms with E-state index in [1.54, 1.807) is 4.90 Å². The van der Waals surface area contributed by atoms with Crippen molar-refractivity contribution in [2.24, 2.45) is 0 Å². The number of aromatic nitrogens is 4. The lowest BCUT2D eigenvalue weighted by molar-refractivity contribution is -0.133. The maximum absolute atomic E-state index is 12.7.